The number of aliphatic hydroxyl groups excluding tert-OH is 1. The minimum absolute atomic E-state index is 0.0305. The van der Waals surface area contributed by atoms with Gasteiger partial charge >= 0.3 is 0 Å². The van der Waals surface area contributed by atoms with Crippen LogP contribution in [0.5, 0.6) is 0 Å². The molecule has 2 rings (SSSR count). The summed E-state index contributed by atoms with van der Waals surface area (Å²) in [4.78, 5) is 1.83. The maximum absolute atomic E-state index is 10.6. The zero-order chi connectivity index (χ0) is 13.8. The van der Waals surface area contributed by atoms with Gasteiger partial charge in [-0.1, -0.05) is 18.8 Å². The summed E-state index contributed by atoms with van der Waals surface area (Å²) >= 11 is 0. The number of likely N-dealkylation sites (tertiary alicyclic amines) is 1. The Hall–Kier alpha value is -1.07. The van der Waals surface area contributed by atoms with E-state index in [-0.39, 0.29) is 18.1 Å². The zero-order valence-electron chi connectivity index (χ0n) is 11.5. The molecule has 1 heterocycles. The van der Waals surface area contributed by atoms with E-state index < -0.39 is 6.23 Å². The minimum Gasteiger partial charge on any atom is -0.377 e. The Morgan fingerprint density at radius 3 is 2.42 bits per heavy atom. The molecule has 0 aromatic carbocycles. The first kappa shape index (κ1) is 14.3. The second kappa shape index (κ2) is 6.39. The van der Waals surface area contributed by atoms with Crippen LogP contribution in [0.2, 0.25) is 0 Å². The topological polar surface area (TPSA) is 73.3 Å². The quantitative estimate of drug-likeness (QED) is 0.749. The predicted molar refractivity (Wildman–Crippen MR) is 73.7 cm³/mol. The largest absolute Gasteiger partial charge is 0.377 e. The van der Waals surface area contributed by atoms with Crippen LogP contribution < -0.4 is 5.73 Å². The maximum Gasteiger partial charge on any atom is 0.124 e. The van der Waals surface area contributed by atoms with Crippen molar-refractivity contribution in [2.75, 3.05) is 0 Å². The summed E-state index contributed by atoms with van der Waals surface area (Å²) in [6.07, 6.45) is 5.44. The van der Waals surface area contributed by atoms with Gasteiger partial charge in [-0.05, 0) is 38.5 Å². The van der Waals surface area contributed by atoms with Crippen molar-refractivity contribution in [2.24, 2.45) is 11.7 Å². The van der Waals surface area contributed by atoms with Gasteiger partial charge in [-0.3, -0.25) is 0 Å². The molecule has 0 amide bonds. The molecule has 1 aliphatic heterocycles. The fourth-order valence-corrected chi connectivity index (χ4v) is 3.43. The van der Waals surface area contributed by atoms with Crippen LogP contribution in [-0.4, -0.2) is 34.4 Å². The van der Waals surface area contributed by atoms with Gasteiger partial charge in [0.1, 0.15) is 12.3 Å². The summed E-state index contributed by atoms with van der Waals surface area (Å²) in [5.41, 5.74) is 6.23. The molecule has 4 atom stereocenters. The standard InChI is InChI=1S/C15H23N3O/c1-2-5-12-8-9-13(10-16)18(12)15(19)14(17)11-6-3-4-7-11/h11-15,19H,3-4,6-9,17H2,1H3/t12-,13-,14-,15?/m0/s1. The van der Waals surface area contributed by atoms with Gasteiger partial charge in [0.2, 0.25) is 0 Å². The molecule has 0 radical (unpaired) electrons. The molecule has 4 heteroatoms. The lowest BCUT2D eigenvalue weighted by atomic mass is 9.96. The molecule has 1 aliphatic carbocycles. The highest BCUT2D eigenvalue weighted by Gasteiger charge is 2.41. The van der Waals surface area contributed by atoms with Gasteiger partial charge in [-0.25, -0.2) is 4.90 Å². The highest BCUT2D eigenvalue weighted by atomic mass is 16.3. The van der Waals surface area contributed by atoms with E-state index >= 15 is 0 Å². The Kier molecular flexibility index (Phi) is 4.82. The van der Waals surface area contributed by atoms with E-state index in [1.165, 1.54) is 12.8 Å². The van der Waals surface area contributed by atoms with Crippen LogP contribution in [-0.2, 0) is 0 Å². The van der Waals surface area contributed by atoms with Crippen molar-refractivity contribution in [3.05, 3.63) is 0 Å². The predicted octanol–water partition coefficient (Wildman–Crippen LogP) is 1.20. The molecule has 0 aromatic heterocycles. The highest BCUT2D eigenvalue weighted by molar-refractivity contribution is 5.14. The van der Waals surface area contributed by atoms with Crippen molar-refractivity contribution < 1.29 is 5.11 Å². The van der Waals surface area contributed by atoms with Crippen LogP contribution in [0.1, 0.15) is 45.4 Å². The molecule has 0 bridgehead atoms. The number of hydrogen-bond acceptors (Lipinski definition) is 4. The second-order valence-electron chi connectivity index (χ2n) is 5.62. The molecule has 104 valence electrons. The Labute approximate surface area is 115 Å². The van der Waals surface area contributed by atoms with E-state index in [9.17, 15) is 10.4 Å². The lowest BCUT2D eigenvalue weighted by molar-refractivity contribution is -0.0373. The van der Waals surface area contributed by atoms with Gasteiger partial charge in [0.25, 0.3) is 0 Å². The molecule has 4 nitrogen and oxygen atoms in total. The van der Waals surface area contributed by atoms with Crippen LogP contribution in [0.3, 0.4) is 0 Å². The molecule has 3 N–H and O–H groups in total. The van der Waals surface area contributed by atoms with E-state index in [0.29, 0.717) is 5.92 Å². The number of nitrogens with two attached hydrogens (primary N) is 1. The molecule has 19 heavy (non-hydrogen) atoms. The van der Waals surface area contributed by atoms with Crippen molar-refractivity contribution in [2.45, 2.75) is 69.8 Å². The number of nitriles is 1. The average molecular weight is 261 g/mol. The fraction of sp³-hybridized carbons (Fsp3) is 0.800. The summed E-state index contributed by atoms with van der Waals surface area (Å²) in [6, 6.07) is 1.72. The van der Waals surface area contributed by atoms with Gasteiger partial charge in [0.15, 0.2) is 0 Å². The molecule has 0 spiro atoms. The molecule has 0 aromatic rings. The Bertz CT molecular complexity index is 400. The first-order chi connectivity index (χ1) is 9.19. The third-order valence-corrected chi connectivity index (χ3v) is 4.49. The smallest absolute Gasteiger partial charge is 0.124 e. The first-order valence-corrected chi connectivity index (χ1v) is 7.22. The monoisotopic (exact) mass is 261 g/mol. The van der Waals surface area contributed by atoms with Crippen molar-refractivity contribution >= 4 is 0 Å². The van der Waals surface area contributed by atoms with Gasteiger partial charge in [0, 0.05) is 6.04 Å². The summed E-state index contributed by atoms with van der Waals surface area (Å²) in [5, 5.41) is 19.8. The Morgan fingerprint density at radius 1 is 1.21 bits per heavy atom. The summed E-state index contributed by atoms with van der Waals surface area (Å²) in [7, 11) is 0. The third kappa shape index (κ3) is 2.92. The van der Waals surface area contributed by atoms with Crippen LogP contribution in [0.15, 0.2) is 0 Å². The molecule has 1 saturated heterocycles. The van der Waals surface area contributed by atoms with Gasteiger partial charge in [0.05, 0.1) is 12.1 Å². The molecule has 2 aliphatic rings. The van der Waals surface area contributed by atoms with Crippen molar-refractivity contribution in [1.29, 1.82) is 5.26 Å². The van der Waals surface area contributed by atoms with Gasteiger partial charge < -0.3 is 10.8 Å². The number of hydrogen-bond donors (Lipinski definition) is 2. The summed E-state index contributed by atoms with van der Waals surface area (Å²) < 4.78 is 0. The Morgan fingerprint density at radius 2 is 1.84 bits per heavy atom. The van der Waals surface area contributed by atoms with E-state index in [0.717, 1.165) is 25.7 Å². The van der Waals surface area contributed by atoms with E-state index in [1.54, 1.807) is 6.92 Å². The minimum atomic E-state index is -0.749. The van der Waals surface area contributed by atoms with E-state index in [4.69, 9.17) is 5.73 Å². The average Bonchev–Trinajstić information content (AvgIpc) is 3.06. The van der Waals surface area contributed by atoms with Gasteiger partial charge in [-0.2, -0.15) is 5.26 Å². The number of nitrogens with zero attached hydrogens (tertiary/aromatic N) is 2. The highest BCUT2D eigenvalue weighted by Crippen LogP contribution is 2.32. The summed E-state index contributed by atoms with van der Waals surface area (Å²) in [5.74, 6) is 6.37. The SMILES string of the molecule is CC#C[C@H]1CC[C@@H](C#N)N1C(O)[C@@H](N)C1CCCC1. The van der Waals surface area contributed by atoms with E-state index in [1.807, 2.05) is 4.90 Å². The molecular formula is C15H23N3O. The number of rotatable bonds is 3. The molecule has 1 saturated carbocycles. The van der Waals surface area contributed by atoms with Gasteiger partial charge in [-0.15, -0.1) is 5.92 Å². The maximum atomic E-state index is 10.6. The van der Waals surface area contributed by atoms with Crippen LogP contribution in [0.25, 0.3) is 0 Å². The zero-order valence-corrected chi connectivity index (χ0v) is 11.5. The first-order valence-electron chi connectivity index (χ1n) is 7.22. The fourth-order valence-electron chi connectivity index (χ4n) is 3.43. The van der Waals surface area contributed by atoms with Crippen molar-refractivity contribution in [3.63, 3.8) is 0 Å². The Balaban J connectivity index is 2.10. The lowest BCUT2D eigenvalue weighted by Crippen LogP contribution is -2.54. The molecular weight excluding hydrogens is 238 g/mol. The lowest BCUT2D eigenvalue weighted by Gasteiger charge is -2.35. The summed E-state index contributed by atoms with van der Waals surface area (Å²) in [6.45, 7) is 1.79. The van der Waals surface area contributed by atoms with Crippen molar-refractivity contribution in [3.8, 4) is 17.9 Å². The van der Waals surface area contributed by atoms with E-state index in [2.05, 4.69) is 17.9 Å². The molecule has 1 unspecified atom stereocenters. The van der Waals surface area contributed by atoms with Crippen LogP contribution >= 0.6 is 0 Å². The molecule has 2 fully saturated rings. The third-order valence-electron chi connectivity index (χ3n) is 4.49. The van der Waals surface area contributed by atoms with Crippen LogP contribution in [0, 0.1) is 29.1 Å². The van der Waals surface area contributed by atoms with Crippen LogP contribution in [0.4, 0.5) is 0 Å². The normalized spacial score (nSPS) is 31.5. The second-order valence-corrected chi connectivity index (χ2v) is 5.62. The van der Waals surface area contributed by atoms with Crippen molar-refractivity contribution in [1.82, 2.24) is 4.90 Å². The number of aliphatic hydroxyl groups is 1.